The van der Waals surface area contributed by atoms with Crippen LogP contribution in [0.3, 0.4) is 0 Å². The fraction of sp³-hybridized carbons (Fsp3) is 0.889. The molecule has 1 saturated heterocycles. The van der Waals surface area contributed by atoms with Gasteiger partial charge in [-0.25, -0.2) is 4.79 Å². The number of aliphatic hydroxyl groups is 1. The summed E-state index contributed by atoms with van der Waals surface area (Å²) in [6.07, 6.45) is 0.438. The van der Waals surface area contributed by atoms with E-state index in [1.54, 1.807) is 0 Å². The lowest BCUT2D eigenvalue weighted by Crippen LogP contribution is -2.39. The molecule has 0 aromatic heterocycles. The van der Waals surface area contributed by atoms with Crippen LogP contribution in [-0.2, 0) is 9.53 Å². The maximum atomic E-state index is 11.2. The number of nitrogens with two attached hydrogens (primary N) is 1. The van der Waals surface area contributed by atoms with Crippen molar-refractivity contribution in [3.63, 3.8) is 0 Å². The van der Waals surface area contributed by atoms with Crippen molar-refractivity contribution < 1.29 is 14.6 Å². The van der Waals surface area contributed by atoms with Gasteiger partial charge in [-0.1, -0.05) is 0 Å². The molecule has 1 aliphatic heterocycles. The van der Waals surface area contributed by atoms with Crippen molar-refractivity contribution in [3.05, 3.63) is 0 Å². The Morgan fingerprint density at radius 2 is 2.21 bits per heavy atom. The molecule has 82 valence electrons. The minimum absolute atomic E-state index is 0.0556. The zero-order valence-electron chi connectivity index (χ0n) is 8.48. The number of aliphatic hydroxyl groups excluding tert-OH is 1. The van der Waals surface area contributed by atoms with Gasteiger partial charge in [-0.05, 0) is 19.9 Å². The van der Waals surface area contributed by atoms with Crippen molar-refractivity contribution >= 4 is 5.97 Å². The van der Waals surface area contributed by atoms with Gasteiger partial charge in [0.1, 0.15) is 6.10 Å². The summed E-state index contributed by atoms with van der Waals surface area (Å²) in [5.41, 5.74) is 5.14. The number of rotatable bonds is 3. The van der Waals surface area contributed by atoms with Gasteiger partial charge in [0.15, 0.2) is 6.10 Å². The molecule has 14 heavy (non-hydrogen) atoms. The Labute approximate surface area is 83.8 Å². The quantitative estimate of drug-likeness (QED) is 0.571. The lowest BCUT2D eigenvalue weighted by molar-refractivity contribution is -0.160. The maximum Gasteiger partial charge on any atom is 0.336 e. The molecule has 1 aliphatic rings. The second-order valence-corrected chi connectivity index (χ2v) is 3.69. The molecule has 0 aromatic rings. The molecule has 0 aliphatic carbocycles. The second kappa shape index (κ2) is 5.29. The zero-order valence-corrected chi connectivity index (χ0v) is 8.48. The number of hydrogen-bond donors (Lipinski definition) is 2. The van der Waals surface area contributed by atoms with Crippen LogP contribution in [0, 0.1) is 0 Å². The molecule has 1 rings (SSSR count). The SMILES string of the molecule is CN1CCC(OC(=O)[C@@H](O)CN)CC1. The van der Waals surface area contributed by atoms with Crippen molar-refractivity contribution in [2.45, 2.75) is 25.0 Å². The van der Waals surface area contributed by atoms with E-state index in [9.17, 15) is 4.79 Å². The molecule has 0 saturated carbocycles. The van der Waals surface area contributed by atoms with Gasteiger partial charge < -0.3 is 20.5 Å². The van der Waals surface area contributed by atoms with E-state index in [0.717, 1.165) is 25.9 Å². The van der Waals surface area contributed by atoms with Crippen molar-refractivity contribution in [2.24, 2.45) is 5.73 Å². The van der Waals surface area contributed by atoms with Crippen LogP contribution in [-0.4, -0.2) is 54.9 Å². The molecule has 1 heterocycles. The van der Waals surface area contributed by atoms with E-state index in [-0.39, 0.29) is 12.6 Å². The van der Waals surface area contributed by atoms with E-state index in [0.29, 0.717) is 0 Å². The summed E-state index contributed by atoms with van der Waals surface area (Å²) in [5.74, 6) is -0.595. The largest absolute Gasteiger partial charge is 0.460 e. The fourth-order valence-corrected chi connectivity index (χ4v) is 1.44. The topological polar surface area (TPSA) is 75.8 Å². The molecule has 1 fully saturated rings. The molecule has 1 atom stereocenters. The Hall–Kier alpha value is -0.650. The summed E-state index contributed by atoms with van der Waals surface area (Å²) in [4.78, 5) is 13.3. The summed E-state index contributed by atoms with van der Waals surface area (Å²) in [5, 5.41) is 9.10. The summed E-state index contributed by atoms with van der Waals surface area (Å²) in [6, 6.07) is 0. The first kappa shape index (κ1) is 11.4. The van der Waals surface area contributed by atoms with Crippen LogP contribution >= 0.6 is 0 Å². The molecule has 0 aromatic carbocycles. The van der Waals surface area contributed by atoms with E-state index in [2.05, 4.69) is 4.90 Å². The second-order valence-electron chi connectivity index (χ2n) is 3.69. The average molecular weight is 202 g/mol. The molecule has 0 spiro atoms. The standard InChI is InChI=1S/C9H18N2O3/c1-11-4-2-7(3-5-11)14-9(13)8(12)6-10/h7-8,12H,2-6,10H2,1H3/t8-/m0/s1. The molecular weight excluding hydrogens is 184 g/mol. The summed E-state index contributed by atoms with van der Waals surface area (Å²) in [6.45, 7) is 1.78. The Bertz CT molecular complexity index is 190. The Morgan fingerprint density at radius 3 is 2.71 bits per heavy atom. The molecule has 0 radical (unpaired) electrons. The highest BCUT2D eigenvalue weighted by Gasteiger charge is 2.23. The van der Waals surface area contributed by atoms with Crippen LogP contribution in [0.4, 0.5) is 0 Å². The zero-order chi connectivity index (χ0) is 10.6. The van der Waals surface area contributed by atoms with Crippen molar-refractivity contribution in [1.29, 1.82) is 0 Å². The highest BCUT2D eigenvalue weighted by molar-refractivity contribution is 5.74. The van der Waals surface area contributed by atoms with Gasteiger partial charge in [-0.15, -0.1) is 0 Å². The van der Waals surface area contributed by atoms with Crippen LogP contribution in [0.15, 0.2) is 0 Å². The highest BCUT2D eigenvalue weighted by Crippen LogP contribution is 2.12. The minimum Gasteiger partial charge on any atom is -0.460 e. The first-order valence-corrected chi connectivity index (χ1v) is 4.90. The number of hydrogen-bond acceptors (Lipinski definition) is 5. The molecule has 5 heteroatoms. The van der Waals surface area contributed by atoms with E-state index >= 15 is 0 Å². The maximum absolute atomic E-state index is 11.2. The molecule has 0 unspecified atom stereocenters. The number of nitrogens with zero attached hydrogens (tertiary/aromatic N) is 1. The minimum atomic E-state index is -1.17. The summed E-state index contributed by atoms with van der Waals surface area (Å²) in [7, 11) is 2.03. The van der Waals surface area contributed by atoms with Gasteiger partial charge in [0, 0.05) is 19.6 Å². The molecular formula is C9H18N2O3. The Kier molecular flexibility index (Phi) is 4.31. The number of piperidine rings is 1. The normalized spacial score (nSPS) is 21.9. The Morgan fingerprint density at radius 1 is 1.64 bits per heavy atom. The first-order chi connectivity index (χ1) is 6.63. The van der Waals surface area contributed by atoms with Crippen molar-refractivity contribution in [2.75, 3.05) is 26.7 Å². The van der Waals surface area contributed by atoms with Crippen molar-refractivity contribution in [3.8, 4) is 0 Å². The number of esters is 1. The van der Waals surface area contributed by atoms with Gasteiger partial charge in [0.25, 0.3) is 0 Å². The lowest BCUT2D eigenvalue weighted by atomic mass is 10.1. The van der Waals surface area contributed by atoms with Crippen LogP contribution in [0.5, 0.6) is 0 Å². The molecule has 0 amide bonds. The predicted molar refractivity (Wildman–Crippen MR) is 51.7 cm³/mol. The van der Waals surface area contributed by atoms with Crippen LogP contribution in [0.1, 0.15) is 12.8 Å². The monoisotopic (exact) mass is 202 g/mol. The van der Waals surface area contributed by atoms with Crippen molar-refractivity contribution in [1.82, 2.24) is 4.90 Å². The third-order valence-electron chi connectivity index (χ3n) is 2.44. The van der Waals surface area contributed by atoms with Gasteiger partial charge in [-0.3, -0.25) is 0 Å². The van der Waals surface area contributed by atoms with Crippen LogP contribution in [0.25, 0.3) is 0 Å². The van der Waals surface area contributed by atoms with Gasteiger partial charge in [0.05, 0.1) is 0 Å². The number of ether oxygens (including phenoxy) is 1. The average Bonchev–Trinajstić information content (AvgIpc) is 2.20. The lowest BCUT2D eigenvalue weighted by Gasteiger charge is -2.29. The number of carbonyl (C=O) groups is 1. The first-order valence-electron chi connectivity index (χ1n) is 4.90. The van der Waals surface area contributed by atoms with Crippen LogP contribution < -0.4 is 5.73 Å². The molecule has 3 N–H and O–H groups in total. The third kappa shape index (κ3) is 3.25. The smallest absolute Gasteiger partial charge is 0.336 e. The van der Waals surface area contributed by atoms with E-state index in [4.69, 9.17) is 15.6 Å². The number of carbonyl (C=O) groups excluding carboxylic acids is 1. The third-order valence-corrected chi connectivity index (χ3v) is 2.44. The van der Waals surface area contributed by atoms with Gasteiger partial charge in [-0.2, -0.15) is 0 Å². The summed E-state index contributed by atoms with van der Waals surface area (Å²) < 4.78 is 5.10. The predicted octanol–water partition coefficient (Wildman–Crippen LogP) is -1.06. The van der Waals surface area contributed by atoms with E-state index < -0.39 is 12.1 Å². The molecule has 0 bridgehead atoms. The van der Waals surface area contributed by atoms with Crippen LogP contribution in [0.2, 0.25) is 0 Å². The van der Waals surface area contributed by atoms with Gasteiger partial charge >= 0.3 is 5.97 Å². The fourth-order valence-electron chi connectivity index (χ4n) is 1.44. The van der Waals surface area contributed by atoms with E-state index in [1.807, 2.05) is 7.05 Å². The van der Waals surface area contributed by atoms with E-state index in [1.165, 1.54) is 0 Å². The van der Waals surface area contributed by atoms with Gasteiger partial charge in [0.2, 0.25) is 0 Å². The summed E-state index contributed by atoms with van der Waals surface area (Å²) >= 11 is 0. The highest BCUT2D eigenvalue weighted by atomic mass is 16.6. The number of likely N-dealkylation sites (tertiary alicyclic amines) is 1. The molecule has 5 nitrogen and oxygen atoms in total. The Balaban J connectivity index is 2.27.